The van der Waals surface area contributed by atoms with E-state index in [1.165, 1.54) is 14.1 Å². The monoisotopic (exact) mass is 326 g/mol. The second kappa shape index (κ2) is 5.77. The average Bonchev–Trinajstić information content (AvgIpc) is 2.48. The standard InChI is InChI=1S/C14H22N4O3S/c1-17(2)22(20,21)16-9-13-11-6-10(7-15-8-11)12-4-3-5-14(19)18(12)13/h3-5,10-11,13,15-16H,6-9H2,1-2H3/t10-,11+,13+/m1/s1. The van der Waals surface area contributed by atoms with Gasteiger partial charge in [-0.2, -0.15) is 12.7 Å². The first-order valence-corrected chi connectivity index (χ1v) is 8.93. The molecule has 0 radical (unpaired) electrons. The molecule has 0 amide bonds. The van der Waals surface area contributed by atoms with Gasteiger partial charge in [-0.25, -0.2) is 4.72 Å². The van der Waals surface area contributed by atoms with E-state index in [9.17, 15) is 13.2 Å². The van der Waals surface area contributed by atoms with Crippen LogP contribution in [-0.4, -0.2) is 51.0 Å². The van der Waals surface area contributed by atoms with E-state index in [0.717, 1.165) is 29.5 Å². The highest BCUT2D eigenvalue weighted by Gasteiger charge is 2.38. The molecular weight excluding hydrogens is 304 g/mol. The van der Waals surface area contributed by atoms with Crippen LogP contribution in [0.3, 0.4) is 0 Å². The van der Waals surface area contributed by atoms with Gasteiger partial charge in [0.05, 0.1) is 6.04 Å². The van der Waals surface area contributed by atoms with Crippen LogP contribution in [0.15, 0.2) is 23.0 Å². The Kier molecular flexibility index (Phi) is 4.11. The number of fused-ring (bicyclic) bond motifs is 4. The second-order valence-electron chi connectivity index (χ2n) is 6.21. The molecule has 0 unspecified atom stereocenters. The molecule has 2 aliphatic rings. The first-order chi connectivity index (χ1) is 10.4. The molecule has 22 heavy (non-hydrogen) atoms. The summed E-state index contributed by atoms with van der Waals surface area (Å²) >= 11 is 0. The number of aromatic nitrogens is 1. The summed E-state index contributed by atoms with van der Waals surface area (Å²) < 4.78 is 29.5. The van der Waals surface area contributed by atoms with Crippen molar-refractivity contribution in [1.82, 2.24) is 18.9 Å². The van der Waals surface area contributed by atoms with Crippen LogP contribution in [0.5, 0.6) is 0 Å². The van der Waals surface area contributed by atoms with Gasteiger partial charge in [0.15, 0.2) is 0 Å². The van der Waals surface area contributed by atoms with Gasteiger partial charge < -0.3 is 9.88 Å². The maximum atomic E-state index is 12.3. The van der Waals surface area contributed by atoms with Crippen molar-refractivity contribution >= 4 is 10.2 Å². The molecular formula is C14H22N4O3S. The van der Waals surface area contributed by atoms with Gasteiger partial charge >= 0.3 is 0 Å². The third-order valence-corrected chi connectivity index (χ3v) is 6.15. The predicted molar refractivity (Wildman–Crippen MR) is 84.1 cm³/mol. The molecule has 0 aromatic carbocycles. The van der Waals surface area contributed by atoms with Crippen LogP contribution in [0.4, 0.5) is 0 Å². The maximum Gasteiger partial charge on any atom is 0.279 e. The van der Waals surface area contributed by atoms with Crippen molar-refractivity contribution in [3.63, 3.8) is 0 Å². The highest BCUT2D eigenvalue weighted by atomic mass is 32.2. The lowest BCUT2D eigenvalue weighted by atomic mass is 9.79. The fourth-order valence-corrected chi connectivity index (χ4v) is 4.13. The Hall–Kier alpha value is -1.22. The Balaban J connectivity index is 1.94. The SMILES string of the molecule is CN(C)S(=O)(=O)NC[C@H]1[C@@H]2CNC[C@@H](C2)c2cccc(=O)n21. The quantitative estimate of drug-likeness (QED) is 0.781. The van der Waals surface area contributed by atoms with E-state index in [4.69, 9.17) is 0 Å². The van der Waals surface area contributed by atoms with Crippen molar-refractivity contribution < 1.29 is 8.42 Å². The van der Waals surface area contributed by atoms with Crippen molar-refractivity contribution in [2.24, 2.45) is 5.92 Å². The zero-order chi connectivity index (χ0) is 15.9. The van der Waals surface area contributed by atoms with Gasteiger partial charge in [0.25, 0.3) is 15.8 Å². The fraction of sp³-hybridized carbons (Fsp3) is 0.643. The average molecular weight is 326 g/mol. The Morgan fingerprint density at radius 3 is 2.86 bits per heavy atom. The number of piperidine rings is 1. The van der Waals surface area contributed by atoms with Crippen LogP contribution in [-0.2, 0) is 10.2 Å². The molecule has 1 saturated heterocycles. The van der Waals surface area contributed by atoms with Crippen molar-refractivity contribution in [3.05, 3.63) is 34.2 Å². The van der Waals surface area contributed by atoms with E-state index in [-0.39, 0.29) is 24.1 Å². The Labute approximate surface area is 130 Å². The molecule has 1 aromatic heterocycles. The molecule has 2 N–H and O–H groups in total. The number of nitrogens with zero attached hydrogens (tertiary/aromatic N) is 2. The zero-order valence-electron chi connectivity index (χ0n) is 12.8. The lowest BCUT2D eigenvalue weighted by Crippen LogP contribution is -2.51. The third kappa shape index (κ3) is 2.71. The summed E-state index contributed by atoms with van der Waals surface area (Å²) in [5, 5.41) is 3.39. The lowest BCUT2D eigenvalue weighted by Gasteiger charge is -2.43. The molecule has 3 heterocycles. The van der Waals surface area contributed by atoms with Crippen LogP contribution < -0.4 is 15.6 Å². The molecule has 1 aromatic rings. The van der Waals surface area contributed by atoms with Crippen molar-refractivity contribution in [1.29, 1.82) is 0 Å². The maximum absolute atomic E-state index is 12.3. The van der Waals surface area contributed by atoms with Gasteiger partial charge in [-0.05, 0) is 18.4 Å². The Morgan fingerprint density at radius 1 is 1.36 bits per heavy atom. The topological polar surface area (TPSA) is 83.4 Å². The van der Waals surface area contributed by atoms with E-state index in [1.54, 1.807) is 16.7 Å². The van der Waals surface area contributed by atoms with Crippen molar-refractivity contribution in [3.8, 4) is 0 Å². The summed E-state index contributed by atoms with van der Waals surface area (Å²) in [6, 6.07) is 5.15. The van der Waals surface area contributed by atoms with E-state index < -0.39 is 10.2 Å². The fourth-order valence-electron chi connectivity index (χ4n) is 3.49. The molecule has 0 aliphatic carbocycles. The van der Waals surface area contributed by atoms with Gasteiger partial charge in [0, 0.05) is 51.4 Å². The predicted octanol–water partition coefficient (Wildman–Crippen LogP) is -0.508. The number of pyridine rings is 1. The molecule has 0 spiro atoms. The minimum atomic E-state index is -3.49. The first-order valence-electron chi connectivity index (χ1n) is 7.49. The van der Waals surface area contributed by atoms with Gasteiger partial charge in [-0.3, -0.25) is 4.79 Å². The van der Waals surface area contributed by atoms with Crippen LogP contribution >= 0.6 is 0 Å². The highest BCUT2D eigenvalue weighted by molar-refractivity contribution is 7.87. The molecule has 3 atom stereocenters. The Morgan fingerprint density at radius 2 is 2.14 bits per heavy atom. The van der Waals surface area contributed by atoms with Crippen LogP contribution in [0, 0.1) is 5.92 Å². The van der Waals surface area contributed by atoms with E-state index in [1.807, 2.05) is 6.07 Å². The molecule has 1 fully saturated rings. The summed E-state index contributed by atoms with van der Waals surface area (Å²) in [6.07, 6.45) is 0.991. The summed E-state index contributed by atoms with van der Waals surface area (Å²) in [7, 11) is -0.517. The number of hydrogen-bond donors (Lipinski definition) is 2. The molecule has 2 aliphatic heterocycles. The van der Waals surface area contributed by atoms with Crippen LogP contribution in [0.2, 0.25) is 0 Å². The summed E-state index contributed by atoms with van der Waals surface area (Å²) in [5.41, 5.74) is 0.952. The van der Waals surface area contributed by atoms with Gasteiger partial charge in [0.2, 0.25) is 0 Å². The van der Waals surface area contributed by atoms with Crippen molar-refractivity contribution in [2.45, 2.75) is 18.4 Å². The van der Waals surface area contributed by atoms with Crippen LogP contribution in [0.25, 0.3) is 0 Å². The molecule has 3 rings (SSSR count). The van der Waals surface area contributed by atoms with E-state index >= 15 is 0 Å². The van der Waals surface area contributed by atoms with Crippen LogP contribution in [0.1, 0.15) is 24.1 Å². The molecule has 8 heteroatoms. The Bertz CT molecular complexity index is 713. The number of rotatable bonds is 4. The van der Waals surface area contributed by atoms with Crippen molar-refractivity contribution in [2.75, 3.05) is 33.7 Å². The summed E-state index contributed by atoms with van der Waals surface area (Å²) in [5.74, 6) is 0.588. The minimum absolute atomic E-state index is 0.0526. The van der Waals surface area contributed by atoms with E-state index in [0.29, 0.717) is 5.92 Å². The van der Waals surface area contributed by atoms with Gasteiger partial charge in [-0.1, -0.05) is 6.07 Å². The number of nitrogens with one attached hydrogen (secondary N) is 2. The smallest absolute Gasteiger partial charge is 0.279 e. The molecule has 7 nitrogen and oxygen atoms in total. The molecule has 2 bridgehead atoms. The minimum Gasteiger partial charge on any atom is -0.316 e. The lowest BCUT2D eigenvalue weighted by molar-refractivity contribution is 0.196. The van der Waals surface area contributed by atoms with Gasteiger partial charge in [0.1, 0.15) is 0 Å². The summed E-state index contributed by atoms with van der Waals surface area (Å²) in [6.45, 7) is 1.91. The number of hydrogen-bond acceptors (Lipinski definition) is 4. The molecule has 0 saturated carbocycles. The second-order valence-corrected chi connectivity index (χ2v) is 8.18. The normalized spacial score (nSPS) is 27.7. The zero-order valence-corrected chi connectivity index (χ0v) is 13.6. The first kappa shape index (κ1) is 15.7. The third-order valence-electron chi connectivity index (χ3n) is 4.66. The summed E-state index contributed by atoms with van der Waals surface area (Å²) in [4.78, 5) is 12.3. The van der Waals surface area contributed by atoms with Gasteiger partial charge in [-0.15, -0.1) is 0 Å². The van der Waals surface area contributed by atoms with E-state index in [2.05, 4.69) is 10.0 Å². The molecule has 122 valence electrons. The highest BCUT2D eigenvalue weighted by Crippen LogP contribution is 2.38. The largest absolute Gasteiger partial charge is 0.316 e.